The quantitative estimate of drug-likeness (QED) is 0.455. The second-order valence-electron chi connectivity index (χ2n) is 7.54. The molecule has 1 atom stereocenters. The van der Waals surface area contributed by atoms with Crippen molar-refractivity contribution in [3.8, 4) is 0 Å². The van der Waals surface area contributed by atoms with E-state index >= 15 is 0 Å². The first-order chi connectivity index (χ1) is 13.7. The Morgan fingerprint density at radius 2 is 1.43 bits per heavy atom. The van der Waals surface area contributed by atoms with Crippen LogP contribution in [0.15, 0.2) is 12.4 Å². The average Bonchev–Trinajstić information content (AvgIpc) is 3.12. The molecule has 0 bridgehead atoms. The van der Waals surface area contributed by atoms with E-state index in [1.807, 2.05) is 12.4 Å². The van der Waals surface area contributed by atoms with E-state index in [0.717, 1.165) is 31.5 Å². The van der Waals surface area contributed by atoms with E-state index in [-0.39, 0.29) is 17.9 Å². The zero-order chi connectivity index (χ0) is 20.2. The Balaban J connectivity index is 1.88. The SMILES string of the molecule is CCCCCCCCCCCc1nccn1C(CCC)c1nc(N)nc(N)n1. The van der Waals surface area contributed by atoms with Gasteiger partial charge in [0.1, 0.15) is 5.82 Å². The predicted octanol–water partition coefficient (Wildman–Crippen LogP) is 4.70. The second-order valence-corrected chi connectivity index (χ2v) is 7.54. The third-order valence-electron chi connectivity index (χ3n) is 5.14. The van der Waals surface area contributed by atoms with E-state index in [1.165, 1.54) is 51.4 Å². The minimum atomic E-state index is -0.00587. The van der Waals surface area contributed by atoms with Crippen molar-refractivity contribution in [2.75, 3.05) is 11.5 Å². The molecule has 0 saturated heterocycles. The molecule has 0 aliphatic carbocycles. The first kappa shape index (κ1) is 22.1. The van der Waals surface area contributed by atoms with Gasteiger partial charge in [-0.3, -0.25) is 0 Å². The summed E-state index contributed by atoms with van der Waals surface area (Å²) >= 11 is 0. The van der Waals surface area contributed by atoms with E-state index in [4.69, 9.17) is 11.5 Å². The molecule has 2 aromatic heterocycles. The van der Waals surface area contributed by atoms with Crippen LogP contribution in [-0.4, -0.2) is 24.5 Å². The predicted molar refractivity (Wildman–Crippen MR) is 115 cm³/mol. The van der Waals surface area contributed by atoms with Crippen LogP contribution in [0.2, 0.25) is 0 Å². The molecular formula is C21H37N7. The van der Waals surface area contributed by atoms with Crippen LogP contribution in [0.25, 0.3) is 0 Å². The molecule has 28 heavy (non-hydrogen) atoms. The standard InChI is InChI=1S/C21H37N7/c1-3-5-6-7-8-9-10-11-12-14-18-24-15-16-28(18)17(13-4-2)19-25-20(22)27-21(23)26-19/h15-17H,3-14H2,1-2H3,(H4,22,23,25,26,27). The fraction of sp³-hybridized carbons (Fsp3) is 0.714. The molecule has 2 rings (SSSR count). The van der Waals surface area contributed by atoms with Gasteiger partial charge in [-0.25, -0.2) is 4.98 Å². The van der Waals surface area contributed by atoms with Gasteiger partial charge in [0.05, 0.1) is 6.04 Å². The van der Waals surface area contributed by atoms with Gasteiger partial charge in [0.15, 0.2) is 5.82 Å². The lowest BCUT2D eigenvalue weighted by atomic mass is 10.1. The summed E-state index contributed by atoms with van der Waals surface area (Å²) in [5.74, 6) is 2.05. The molecule has 0 radical (unpaired) electrons. The van der Waals surface area contributed by atoms with Crippen molar-refractivity contribution < 1.29 is 0 Å². The Bertz CT molecular complexity index is 663. The van der Waals surface area contributed by atoms with Gasteiger partial charge >= 0.3 is 0 Å². The van der Waals surface area contributed by atoms with Gasteiger partial charge < -0.3 is 16.0 Å². The van der Waals surface area contributed by atoms with Gasteiger partial charge in [-0.1, -0.05) is 71.6 Å². The second kappa shape index (κ2) is 12.3. The molecule has 7 heteroatoms. The topological polar surface area (TPSA) is 109 Å². The molecule has 0 aliphatic heterocycles. The lowest BCUT2D eigenvalue weighted by Crippen LogP contribution is -2.18. The van der Waals surface area contributed by atoms with Crippen molar-refractivity contribution in [1.82, 2.24) is 24.5 Å². The lowest BCUT2D eigenvalue weighted by molar-refractivity contribution is 0.481. The summed E-state index contributed by atoms with van der Waals surface area (Å²) in [5, 5.41) is 0. The van der Waals surface area contributed by atoms with Crippen LogP contribution in [0.4, 0.5) is 11.9 Å². The first-order valence-corrected chi connectivity index (χ1v) is 10.9. The van der Waals surface area contributed by atoms with Crippen LogP contribution in [0, 0.1) is 0 Å². The molecule has 0 aromatic carbocycles. The molecule has 0 spiro atoms. The minimum Gasteiger partial charge on any atom is -0.368 e. The van der Waals surface area contributed by atoms with E-state index in [9.17, 15) is 0 Å². The van der Waals surface area contributed by atoms with E-state index in [2.05, 4.69) is 38.4 Å². The number of aryl methyl sites for hydroxylation is 1. The smallest absolute Gasteiger partial charge is 0.225 e. The van der Waals surface area contributed by atoms with E-state index in [1.54, 1.807) is 0 Å². The highest BCUT2D eigenvalue weighted by atomic mass is 15.2. The fourth-order valence-corrected chi connectivity index (χ4v) is 3.66. The Labute approximate surface area is 169 Å². The summed E-state index contributed by atoms with van der Waals surface area (Å²) in [6.45, 7) is 4.41. The lowest BCUT2D eigenvalue weighted by Gasteiger charge is -2.19. The summed E-state index contributed by atoms with van der Waals surface area (Å²) in [7, 11) is 0. The number of nitrogen functional groups attached to an aromatic ring is 2. The third kappa shape index (κ3) is 7.09. The van der Waals surface area contributed by atoms with Gasteiger partial charge in [0, 0.05) is 18.8 Å². The highest BCUT2D eigenvalue weighted by Crippen LogP contribution is 2.24. The summed E-state index contributed by atoms with van der Waals surface area (Å²) in [5.41, 5.74) is 11.6. The van der Waals surface area contributed by atoms with Crippen LogP contribution >= 0.6 is 0 Å². The summed E-state index contributed by atoms with van der Waals surface area (Å²) in [4.78, 5) is 17.1. The number of unbranched alkanes of at least 4 members (excludes halogenated alkanes) is 8. The molecule has 0 aliphatic rings. The van der Waals surface area contributed by atoms with Gasteiger partial charge in [0.2, 0.25) is 11.9 Å². The number of anilines is 2. The molecule has 2 aromatic rings. The highest BCUT2D eigenvalue weighted by Gasteiger charge is 2.20. The Hall–Kier alpha value is -2.18. The largest absolute Gasteiger partial charge is 0.368 e. The van der Waals surface area contributed by atoms with Crippen LogP contribution in [0.3, 0.4) is 0 Å². The number of imidazole rings is 1. The molecule has 7 nitrogen and oxygen atoms in total. The zero-order valence-electron chi connectivity index (χ0n) is 17.6. The number of nitrogens with zero attached hydrogens (tertiary/aromatic N) is 5. The first-order valence-electron chi connectivity index (χ1n) is 10.9. The Kier molecular flexibility index (Phi) is 9.72. The molecule has 1 unspecified atom stereocenters. The van der Waals surface area contributed by atoms with Gasteiger partial charge in [-0.2, -0.15) is 15.0 Å². The number of nitrogens with two attached hydrogens (primary N) is 2. The average molecular weight is 388 g/mol. The van der Waals surface area contributed by atoms with Crippen molar-refractivity contribution in [2.45, 2.75) is 96.9 Å². The molecule has 0 saturated carbocycles. The molecule has 0 amide bonds. The molecule has 2 heterocycles. The van der Waals surface area contributed by atoms with Gasteiger partial charge in [-0.15, -0.1) is 0 Å². The van der Waals surface area contributed by atoms with Crippen LogP contribution in [0.5, 0.6) is 0 Å². The van der Waals surface area contributed by atoms with Crippen LogP contribution in [-0.2, 0) is 6.42 Å². The molecule has 0 fully saturated rings. The minimum absolute atomic E-state index is 0.00587. The van der Waals surface area contributed by atoms with Gasteiger partial charge in [-0.05, 0) is 12.8 Å². The molecule has 4 N–H and O–H groups in total. The van der Waals surface area contributed by atoms with Crippen LogP contribution < -0.4 is 11.5 Å². The summed E-state index contributed by atoms with van der Waals surface area (Å²) in [6.07, 6.45) is 18.7. The molecule has 156 valence electrons. The number of hydrogen-bond donors (Lipinski definition) is 2. The number of aromatic nitrogens is 5. The van der Waals surface area contributed by atoms with Crippen molar-refractivity contribution in [1.29, 1.82) is 0 Å². The van der Waals surface area contributed by atoms with Crippen LogP contribution in [0.1, 0.15) is 102 Å². The van der Waals surface area contributed by atoms with Crippen molar-refractivity contribution >= 4 is 11.9 Å². The highest BCUT2D eigenvalue weighted by molar-refractivity contribution is 5.27. The third-order valence-corrected chi connectivity index (χ3v) is 5.14. The normalized spacial score (nSPS) is 12.4. The van der Waals surface area contributed by atoms with E-state index in [0.29, 0.717) is 5.82 Å². The van der Waals surface area contributed by atoms with Crippen molar-refractivity contribution in [3.63, 3.8) is 0 Å². The fourth-order valence-electron chi connectivity index (χ4n) is 3.66. The number of rotatable bonds is 14. The van der Waals surface area contributed by atoms with Crippen molar-refractivity contribution in [3.05, 3.63) is 24.0 Å². The maximum Gasteiger partial charge on any atom is 0.225 e. The maximum absolute atomic E-state index is 5.78. The van der Waals surface area contributed by atoms with Gasteiger partial charge in [0.25, 0.3) is 0 Å². The Morgan fingerprint density at radius 1 is 0.821 bits per heavy atom. The Morgan fingerprint density at radius 3 is 2.04 bits per heavy atom. The summed E-state index contributed by atoms with van der Waals surface area (Å²) < 4.78 is 2.18. The van der Waals surface area contributed by atoms with Crippen molar-refractivity contribution in [2.24, 2.45) is 0 Å². The summed E-state index contributed by atoms with van der Waals surface area (Å²) in [6, 6.07) is -0.00587. The monoisotopic (exact) mass is 387 g/mol. The molecular weight excluding hydrogens is 350 g/mol. The zero-order valence-corrected chi connectivity index (χ0v) is 17.6. The van der Waals surface area contributed by atoms with E-state index < -0.39 is 0 Å². The maximum atomic E-state index is 5.78. The number of hydrogen-bond acceptors (Lipinski definition) is 6.